The van der Waals surface area contributed by atoms with Gasteiger partial charge in [-0.05, 0) is 79.8 Å². The van der Waals surface area contributed by atoms with Gasteiger partial charge < -0.3 is 14.9 Å². The second-order valence-electron chi connectivity index (χ2n) is 10.5. The van der Waals surface area contributed by atoms with Crippen molar-refractivity contribution in [1.29, 1.82) is 5.26 Å². The highest BCUT2D eigenvalue weighted by molar-refractivity contribution is 8.18. The molecule has 3 aliphatic rings. The van der Waals surface area contributed by atoms with Crippen molar-refractivity contribution in [1.82, 2.24) is 9.80 Å². The molecule has 4 atom stereocenters. The third kappa shape index (κ3) is 4.18. The van der Waals surface area contributed by atoms with Gasteiger partial charge in [-0.2, -0.15) is 5.26 Å². The molecule has 196 valence electrons. The van der Waals surface area contributed by atoms with Gasteiger partial charge in [0.05, 0.1) is 17.7 Å². The van der Waals surface area contributed by atoms with Crippen molar-refractivity contribution in [3.63, 3.8) is 0 Å². The highest BCUT2D eigenvalue weighted by Gasteiger charge is 2.54. The summed E-state index contributed by atoms with van der Waals surface area (Å²) in [6.07, 6.45) is 1.11. The monoisotopic (exact) mass is 548 g/mol. The first kappa shape index (κ1) is 26.3. The summed E-state index contributed by atoms with van der Waals surface area (Å²) in [6.45, 7) is 8.07. The molecular weight excluding hydrogens is 520 g/mol. The van der Waals surface area contributed by atoms with E-state index in [1.807, 2.05) is 57.2 Å². The summed E-state index contributed by atoms with van der Waals surface area (Å²) in [4.78, 5) is 35.4. The number of amidine groups is 1. The molecule has 7 nitrogen and oxygen atoms in total. The Hall–Kier alpha value is -3.28. The Balaban J connectivity index is 1.64. The maximum Gasteiger partial charge on any atom is 0.326 e. The van der Waals surface area contributed by atoms with E-state index < -0.39 is 17.6 Å². The van der Waals surface area contributed by atoms with E-state index >= 15 is 0 Å². The molecule has 0 aromatic heterocycles. The SMILES string of the molecule is CC(C)C1=C(C(=O)N2[C@H](C)CC[C@H]2C(=O)O)SC2=N[C@@](C)(c3ccc(C#N)cc3)[C@@H](c3ccc(Cl)cc3)N21. The zero-order valence-electron chi connectivity index (χ0n) is 21.7. The van der Waals surface area contributed by atoms with Crippen LogP contribution in [0.15, 0.2) is 64.1 Å². The molecule has 1 amide bonds. The smallest absolute Gasteiger partial charge is 0.326 e. The highest BCUT2D eigenvalue weighted by atomic mass is 35.5. The zero-order valence-corrected chi connectivity index (χ0v) is 23.3. The Labute approximate surface area is 231 Å². The largest absolute Gasteiger partial charge is 0.480 e. The minimum Gasteiger partial charge on any atom is -0.480 e. The predicted octanol–water partition coefficient (Wildman–Crippen LogP) is 5.92. The third-order valence-corrected chi connectivity index (χ3v) is 9.03. The van der Waals surface area contributed by atoms with Crippen LogP contribution in [0.2, 0.25) is 5.02 Å². The molecule has 9 heteroatoms. The van der Waals surface area contributed by atoms with E-state index in [2.05, 4.69) is 17.9 Å². The van der Waals surface area contributed by atoms with Crippen LogP contribution < -0.4 is 0 Å². The fraction of sp³-hybridized carbons (Fsp3) is 0.379. The van der Waals surface area contributed by atoms with E-state index in [0.29, 0.717) is 33.5 Å². The van der Waals surface area contributed by atoms with Crippen molar-refractivity contribution in [2.24, 2.45) is 10.9 Å². The second kappa shape index (κ2) is 9.79. The number of carboxylic acid groups (broad SMARTS) is 1. The number of aliphatic carboxylic acids is 1. The van der Waals surface area contributed by atoms with Crippen LogP contribution in [-0.4, -0.2) is 44.0 Å². The van der Waals surface area contributed by atoms with Gasteiger partial charge in [-0.25, -0.2) is 9.79 Å². The zero-order chi connectivity index (χ0) is 27.4. The molecule has 0 spiro atoms. The lowest BCUT2D eigenvalue weighted by atomic mass is 9.81. The number of fused-ring (bicyclic) bond motifs is 1. The van der Waals surface area contributed by atoms with Crippen LogP contribution in [0.4, 0.5) is 0 Å². The molecular formula is C29H29ClN4O3S. The number of carbonyl (C=O) groups excluding carboxylic acids is 1. The fourth-order valence-corrected chi connectivity index (χ4v) is 7.32. The van der Waals surface area contributed by atoms with E-state index in [9.17, 15) is 20.0 Å². The molecule has 0 aliphatic carbocycles. The molecule has 1 fully saturated rings. The number of hydrogen-bond acceptors (Lipinski definition) is 6. The quantitative estimate of drug-likeness (QED) is 0.498. The van der Waals surface area contributed by atoms with Crippen molar-refractivity contribution in [3.05, 3.63) is 80.8 Å². The van der Waals surface area contributed by atoms with Crippen LogP contribution in [0.5, 0.6) is 0 Å². The normalized spacial score (nSPS) is 26.6. The molecule has 38 heavy (non-hydrogen) atoms. The lowest BCUT2D eigenvalue weighted by Gasteiger charge is -2.37. The van der Waals surface area contributed by atoms with Crippen LogP contribution in [0.25, 0.3) is 0 Å². The van der Waals surface area contributed by atoms with Crippen LogP contribution in [0, 0.1) is 17.2 Å². The van der Waals surface area contributed by atoms with Gasteiger partial charge in [0.15, 0.2) is 5.17 Å². The van der Waals surface area contributed by atoms with E-state index in [1.54, 1.807) is 12.1 Å². The summed E-state index contributed by atoms with van der Waals surface area (Å²) >= 11 is 7.56. The average molecular weight is 549 g/mol. The summed E-state index contributed by atoms with van der Waals surface area (Å²) < 4.78 is 0. The Bertz CT molecular complexity index is 1400. The first-order chi connectivity index (χ1) is 18.1. The number of rotatable bonds is 5. The molecule has 2 aromatic rings. The number of thioether (sulfide) groups is 1. The minimum atomic E-state index is -0.970. The highest BCUT2D eigenvalue weighted by Crippen LogP contribution is 2.56. The number of likely N-dealkylation sites (tertiary alicyclic amines) is 1. The molecule has 1 N–H and O–H groups in total. The van der Waals surface area contributed by atoms with Crippen LogP contribution in [-0.2, 0) is 15.1 Å². The molecule has 0 saturated carbocycles. The van der Waals surface area contributed by atoms with E-state index in [1.165, 1.54) is 16.7 Å². The Morgan fingerprint density at radius 3 is 2.39 bits per heavy atom. The number of carboxylic acids is 1. The average Bonchev–Trinajstić information content (AvgIpc) is 3.54. The van der Waals surface area contributed by atoms with E-state index in [4.69, 9.17) is 16.6 Å². The summed E-state index contributed by atoms with van der Waals surface area (Å²) in [6, 6.07) is 16.1. The van der Waals surface area contributed by atoms with Gasteiger partial charge in [0.2, 0.25) is 0 Å². The van der Waals surface area contributed by atoms with Crippen molar-refractivity contribution in [2.45, 2.75) is 64.2 Å². The number of benzene rings is 2. The second-order valence-corrected chi connectivity index (χ2v) is 11.9. The molecule has 5 rings (SSSR count). The van der Waals surface area contributed by atoms with Gasteiger partial charge in [0.25, 0.3) is 5.91 Å². The van der Waals surface area contributed by atoms with Gasteiger partial charge in [0.1, 0.15) is 16.5 Å². The number of allylic oxidation sites excluding steroid dienone is 1. The first-order valence-corrected chi connectivity index (χ1v) is 13.9. The van der Waals surface area contributed by atoms with Crippen molar-refractivity contribution < 1.29 is 14.7 Å². The molecule has 0 bridgehead atoms. The topological polar surface area (TPSA) is 97.0 Å². The number of hydrogen-bond donors (Lipinski definition) is 1. The summed E-state index contributed by atoms with van der Waals surface area (Å²) in [5, 5.41) is 20.4. The Morgan fingerprint density at radius 2 is 1.82 bits per heavy atom. The van der Waals surface area contributed by atoms with E-state index in [0.717, 1.165) is 16.8 Å². The number of amides is 1. The number of nitriles is 1. The summed E-state index contributed by atoms with van der Waals surface area (Å²) in [5.41, 5.74) is 2.66. The molecule has 3 aliphatic heterocycles. The number of halogens is 1. The third-order valence-electron chi connectivity index (χ3n) is 7.72. The van der Waals surface area contributed by atoms with E-state index in [-0.39, 0.29) is 23.9 Å². The minimum absolute atomic E-state index is 0.0200. The maximum absolute atomic E-state index is 14.0. The van der Waals surface area contributed by atoms with Crippen LogP contribution in [0.1, 0.15) is 63.3 Å². The van der Waals surface area contributed by atoms with Crippen molar-refractivity contribution >= 4 is 40.4 Å². The molecule has 1 saturated heterocycles. The lowest BCUT2D eigenvalue weighted by Crippen LogP contribution is -2.44. The van der Waals surface area contributed by atoms with Gasteiger partial charge in [0, 0.05) is 16.8 Å². The maximum atomic E-state index is 14.0. The lowest BCUT2D eigenvalue weighted by molar-refractivity contribution is -0.147. The molecule has 3 heterocycles. The number of aliphatic imine (C=N–C) groups is 1. The molecule has 0 radical (unpaired) electrons. The summed E-state index contributed by atoms with van der Waals surface area (Å²) in [5.74, 6) is -1.24. The van der Waals surface area contributed by atoms with Gasteiger partial charge in [-0.3, -0.25) is 4.79 Å². The van der Waals surface area contributed by atoms with Crippen molar-refractivity contribution in [3.8, 4) is 6.07 Å². The van der Waals surface area contributed by atoms with Crippen LogP contribution in [0.3, 0.4) is 0 Å². The van der Waals surface area contributed by atoms with Crippen molar-refractivity contribution in [2.75, 3.05) is 0 Å². The Morgan fingerprint density at radius 1 is 1.16 bits per heavy atom. The standard InChI is InChI=1S/C29H29ClN4O3S/c1-16(2)23-24(26(35)33-17(3)5-14-22(33)27(36)37)38-28-32-29(4,20-10-6-18(15-31)7-11-20)25(34(23)28)19-8-12-21(30)13-9-19/h6-13,16-17,22,25H,5,14H2,1-4H3,(H,36,37)/t17-,22+,25-,29+/m1/s1. The molecule has 2 aromatic carbocycles. The van der Waals surface area contributed by atoms with Gasteiger partial charge in [-0.15, -0.1) is 0 Å². The van der Waals surface area contributed by atoms with Crippen LogP contribution >= 0.6 is 23.4 Å². The Kier molecular flexibility index (Phi) is 6.79. The fourth-order valence-electron chi connectivity index (χ4n) is 5.85. The number of nitrogens with zero attached hydrogens (tertiary/aromatic N) is 4. The first-order valence-electron chi connectivity index (χ1n) is 12.7. The van der Waals surface area contributed by atoms with Gasteiger partial charge >= 0.3 is 5.97 Å². The summed E-state index contributed by atoms with van der Waals surface area (Å²) in [7, 11) is 0. The van der Waals surface area contributed by atoms with Gasteiger partial charge in [-0.1, -0.05) is 49.7 Å². The number of carbonyl (C=O) groups is 2. The molecule has 0 unspecified atom stereocenters. The predicted molar refractivity (Wildman–Crippen MR) is 148 cm³/mol.